The van der Waals surface area contributed by atoms with Crippen LogP contribution in [0.25, 0.3) is 0 Å². The zero-order valence-corrected chi connectivity index (χ0v) is 8.36. The van der Waals surface area contributed by atoms with Gasteiger partial charge < -0.3 is 10.6 Å². The minimum absolute atomic E-state index is 0.258. The number of nitrogens with zero attached hydrogens (tertiary/aromatic N) is 1. The minimum atomic E-state index is -0.258. The molecule has 1 amide bonds. The third-order valence-corrected chi connectivity index (χ3v) is 2.08. The van der Waals surface area contributed by atoms with E-state index in [-0.39, 0.29) is 5.91 Å². The Kier molecular flexibility index (Phi) is 3.98. The first kappa shape index (κ1) is 10.6. The molecule has 1 aromatic rings. The zero-order valence-electron chi connectivity index (χ0n) is 8.36. The third-order valence-electron chi connectivity index (χ3n) is 2.08. The Morgan fingerprint density at radius 2 is 2.14 bits per heavy atom. The number of carbonyl (C=O) groups is 1. The summed E-state index contributed by atoms with van der Waals surface area (Å²) in [5.41, 5.74) is 6.21. The summed E-state index contributed by atoms with van der Waals surface area (Å²) < 4.78 is 0. The Bertz CT molecular complexity index is 285. The number of nitrogens with two attached hydrogens (primary N) is 1. The zero-order chi connectivity index (χ0) is 10.4. The lowest BCUT2D eigenvalue weighted by Gasteiger charge is -2.22. The number of anilines is 1. The van der Waals surface area contributed by atoms with E-state index in [4.69, 9.17) is 5.73 Å². The molecule has 1 radical (unpaired) electrons. The van der Waals surface area contributed by atoms with Gasteiger partial charge in [0.15, 0.2) is 0 Å². The second kappa shape index (κ2) is 5.27. The van der Waals surface area contributed by atoms with Crippen molar-refractivity contribution in [3.8, 4) is 0 Å². The van der Waals surface area contributed by atoms with Gasteiger partial charge in [0.1, 0.15) is 0 Å². The lowest BCUT2D eigenvalue weighted by Crippen LogP contribution is -2.27. The Morgan fingerprint density at radius 1 is 1.50 bits per heavy atom. The lowest BCUT2D eigenvalue weighted by atomic mass is 10.2. The predicted octanol–water partition coefficient (Wildman–Crippen LogP) is 1.19. The van der Waals surface area contributed by atoms with E-state index in [0.717, 1.165) is 12.2 Å². The monoisotopic (exact) mass is 191 g/mol. The van der Waals surface area contributed by atoms with Gasteiger partial charge in [-0.15, -0.1) is 0 Å². The molecule has 3 nitrogen and oxygen atoms in total. The van der Waals surface area contributed by atoms with Crippen molar-refractivity contribution in [2.75, 3.05) is 18.0 Å². The number of rotatable bonds is 5. The van der Waals surface area contributed by atoms with E-state index in [1.54, 1.807) is 0 Å². The van der Waals surface area contributed by atoms with Crippen molar-refractivity contribution < 1.29 is 4.79 Å². The first-order valence-electron chi connectivity index (χ1n) is 4.73. The van der Waals surface area contributed by atoms with Gasteiger partial charge >= 0.3 is 0 Å². The van der Waals surface area contributed by atoms with Crippen LogP contribution < -0.4 is 10.6 Å². The molecule has 75 valence electrons. The average Bonchev–Trinajstić information content (AvgIpc) is 2.20. The van der Waals surface area contributed by atoms with Crippen LogP contribution in [0.2, 0.25) is 0 Å². The maximum atomic E-state index is 10.6. The van der Waals surface area contributed by atoms with Crippen molar-refractivity contribution in [1.82, 2.24) is 0 Å². The van der Waals surface area contributed by atoms with Crippen LogP contribution in [0.5, 0.6) is 0 Å². The summed E-state index contributed by atoms with van der Waals surface area (Å²) in [7, 11) is 0. The molecule has 0 spiro atoms. The molecule has 3 heteroatoms. The minimum Gasteiger partial charge on any atom is -0.371 e. The highest BCUT2D eigenvalue weighted by Gasteiger charge is 2.04. The number of amides is 1. The third kappa shape index (κ3) is 3.09. The van der Waals surface area contributed by atoms with Crippen LogP contribution >= 0.6 is 0 Å². The summed E-state index contributed by atoms with van der Waals surface area (Å²) >= 11 is 0. The number of primary amides is 1. The highest BCUT2D eigenvalue weighted by atomic mass is 16.1. The van der Waals surface area contributed by atoms with Crippen molar-refractivity contribution in [3.63, 3.8) is 0 Å². The summed E-state index contributed by atoms with van der Waals surface area (Å²) in [5.74, 6) is -0.258. The van der Waals surface area contributed by atoms with Crippen LogP contribution in [0, 0.1) is 6.07 Å². The van der Waals surface area contributed by atoms with Gasteiger partial charge in [-0.2, -0.15) is 0 Å². The maximum absolute atomic E-state index is 10.6. The van der Waals surface area contributed by atoms with Crippen LogP contribution in [0.3, 0.4) is 0 Å². The second-order valence-corrected chi connectivity index (χ2v) is 3.05. The van der Waals surface area contributed by atoms with Crippen LogP contribution in [0.4, 0.5) is 5.69 Å². The van der Waals surface area contributed by atoms with Gasteiger partial charge in [-0.25, -0.2) is 0 Å². The molecule has 2 N–H and O–H groups in total. The Balaban J connectivity index is 2.58. The molecule has 0 bridgehead atoms. The summed E-state index contributed by atoms with van der Waals surface area (Å²) in [4.78, 5) is 12.8. The van der Waals surface area contributed by atoms with E-state index >= 15 is 0 Å². The molecule has 0 aromatic heterocycles. The number of benzene rings is 1. The molecular weight excluding hydrogens is 176 g/mol. The predicted molar refractivity (Wildman–Crippen MR) is 57.0 cm³/mol. The molecule has 0 saturated carbocycles. The summed E-state index contributed by atoms with van der Waals surface area (Å²) in [6, 6.07) is 10.6. The van der Waals surface area contributed by atoms with E-state index in [1.807, 2.05) is 24.3 Å². The van der Waals surface area contributed by atoms with Gasteiger partial charge in [-0.3, -0.25) is 4.79 Å². The van der Waals surface area contributed by atoms with Crippen LogP contribution in [-0.4, -0.2) is 19.0 Å². The highest BCUT2D eigenvalue weighted by molar-refractivity contribution is 5.74. The maximum Gasteiger partial charge on any atom is 0.219 e. The van der Waals surface area contributed by atoms with Gasteiger partial charge in [0.05, 0.1) is 0 Å². The number of hydrogen-bond acceptors (Lipinski definition) is 2. The molecule has 1 aromatic carbocycles. The highest BCUT2D eigenvalue weighted by Crippen LogP contribution is 2.12. The first-order chi connectivity index (χ1) is 6.74. The fourth-order valence-corrected chi connectivity index (χ4v) is 1.30. The van der Waals surface area contributed by atoms with E-state index in [9.17, 15) is 4.79 Å². The van der Waals surface area contributed by atoms with Crippen molar-refractivity contribution >= 4 is 11.6 Å². The quantitative estimate of drug-likeness (QED) is 0.759. The Morgan fingerprint density at radius 3 is 2.64 bits per heavy atom. The molecule has 0 heterocycles. The number of carbonyl (C=O) groups excluding carboxylic acids is 1. The van der Waals surface area contributed by atoms with Gasteiger partial charge in [0.2, 0.25) is 5.91 Å². The standard InChI is InChI=1S/C11H15N2O/c1-2-13(9-8-11(12)14)10-6-4-3-5-7-10/h4-7H,2,8-9H2,1H3,(H2,12,14). The van der Waals surface area contributed by atoms with Crippen molar-refractivity contribution in [3.05, 3.63) is 30.3 Å². The summed E-state index contributed by atoms with van der Waals surface area (Å²) in [6.07, 6.45) is 0.395. The average molecular weight is 191 g/mol. The molecule has 0 saturated heterocycles. The molecule has 0 fully saturated rings. The lowest BCUT2D eigenvalue weighted by molar-refractivity contribution is -0.117. The van der Waals surface area contributed by atoms with E-state index in [2.05, 4.69) is 17.9 Å². The largest absolute Gasteiger partial charge is 0.371 e. The fourth-order valence-electron chi connectivity index (χ4n) is 1.30. The molecule has 0 aliphatic carbocycles. The van der Waals surface area contributed by atoms with Gasteiger partial charge in [-0.1, -0.05) is 12.1 Å². The molecule has 1 rings (SSSR count). The van der Waals surface area contributed by atoms with Gasteiger partial charge in [0.25, 0.3) is 0 Å². The van der Waals surface area contributed by atoms with Gasteiger partial charge in [0, 0.05) is 25.2 Å². The smallest absolute Gasteiger partial charge is 0.219 e. The van der Waals surface area contributed by atoms with Crippen LogP contribution in [0.1, 0.15) is 13.3 Å². The molecule has 14 heavy (non-hydrogen) atoms. The molecular formula is C11H15N2O. The normalized spacial score (nSPS) is 9.79. The van der Waals surface area contributed by atoms with Crippen LogP contribution in [0.15, 0.2) is 24.3 Å². The molecule has 0 aliphatic rings. The first-order valence-corrected chi connectivity index (χ1v) is 4.73. The van der Waals surface area contributed by atoms with Crippen molar-refractivity contribution in [2.45, 2.75) is 13.3 Å². The molecule has 0 unspecified atom stereocenters. The summed E-state index contributed by atoms with van der Waals surface area (Å²) in [6.45, 7) is 3.60. The Hall–Kier alpha value is -1.51. The van der Waals surface area contributed by atoms with E-state index in [0.29, 0.717) is 13.0 Å². The SMILES string of the molecule is CCN(CCC(N)=O)c1cc[c]cc1. The Labute approximate surface area is 84.5 Å². The fraction of sp³-hybridized carbons (Fsp3) is 0.364. The molecule has 0 aliphatic heterocycles. The van der Waals surface area contributed by atoms with E-state index < -0.39 is 0 Å². The van der Waals surface area contributed by atoms with Gasteiger partial charge in [-0.05, 0) is 25.1 Å². The van der Waals surface area contributed by atoms with E-state index in [1.165, 1.54) is 0 Å². The van der Waals surface area contributed by atoms with Crippen LogP contribution in [-0.2, 0) is 4.79 Å². The summed E-state index contributed by atoms with van der Waals surface area (Å²) in [5, 5.41) is 0. The molecule has 0 atom stereocenters. The number of hydrogen-bond donors (Lipinski definition) is 1. The second-order valence-electron chi connectivity index (χ2n) is 3.05. The van der Waals surface area contributed by atoms with Crippen molar-refractivity contribution in [1.29, 1.82) is 0 Å². The van der Waals surface area contributed by atoms with Crippen molar-refractivity contribution in [2.24, 2.45) is 5.73 Å². The topological polar surface area (TPSA) is 46.3 Å².